The summed E-state index contributed by atoms with van der Waals surface area (Å²) in [6, 6.07) is 0. The van der Waals surface area contributed by atoms with Gasteiger partial charge in [-0.05, 0) is 6.92 Å². The van der Waals surface area contributed by atoms with Crippen molar-refractivity contribution in [1.29, 1.82) is 0 Å². The summed E-state index contributed by atoms with van der Waals surface area (Å²) in [5, 5.41) is 2.71. The van der Waals surface area contributed by atoms with E-state index in [2.05, 4.69) is 5.32 Å². The second-order valence-corrected chi connectivity index (χ2v) is 2.29. The number of carbonyl (C=O) groups excluding carboxylic acids is 1. The summed E-state index contributed by atoms with van der Waals surface area (Å²) >= 11 is 0. The molecule has 0 saturated carbocycles. The molecule has 0 atom stereocenters. The van der Waals surface area contributed by atoms with Gasteiger partial charge in [0.1, 0.15) is 0 Å². The van der Waals surface area contributed by atoms with Crippen molar-refractivity contribution in [2.45, 2.75) is 13.3 Å². The first-order chi connectivity index (χ1) is 5.81. The molecule has 4 heteroatoms. The van der Waals surface area contributed by atoms with E-state index in [-0.39, 0.29) is 5.91 Å². The van der Waals surface area contributed by atoms with Crippen LogP contribution >= 0.6 is 0 Å². The second kappa shape index (κ2) is 8.49. The Hall–Kier alpha value is -0.610. The van der Waals surface area contributed by atoms with Crippen LogP contribution in [0.3, 0.4) is 0 Å². The van der Waals surface area contributed by atoms with Crippen LogP contribution in [0.5, 0.6) is 0 Å². The molecule has 0 fully saturated rings. The normalized spacial score (nSPS) is 9.83. The van der Waals surface area contributed by atoms with Crippen LogP contribution in [0, 0.1) is 0 Å². The van der Waals surface area contributed by atoms with Crippen molar-refractivity contribution in [2.24, 2.45) is 0 Å². The first kappa shape index (κ1) is 11.4. The molecule has 0 aromatic rings. The van der Waals surface area contributed by atoms with Gasteiger partial charge >= 0.3 is 0 Å². The molecule has 0 unspecified atom stereocenters. The van der Waals surface area contributed by atoms with E-state index in [1.54, 1.807) is 7.11 Å². The highest BCUT2D eigenvalue weighted by Gasteiger charge is 1.98. The summed E-state index contributed by atoms with van der Waals surface area (Å²) in [4.78, 5) is 10.9. The molecule has 12 heavy (non-hydrogen) atoms. The molecule has 0 saturated heterocycles. The summed E-state index contributed by atoms with van der Waals surface area (Å²) in [5.74, 6) is 0.0107. The molecule has 1 amide bonds. The average Bonchev–Trinajstić information content (AvgIpc) is 2.09. The average molecular weight is 175 g/mol. The lowest BCUT2D eigenvalue weighted by Crippen LogP contribution is -2.27. The highest BCUT2D eigenvalue weighted by Crippen LogP contribution is 1.80. The Morgan fingerprint density at radius 2 is 2.17 bits per heavy atom. The second-order valence-electron chi connectivity index (χ2n) is 2.29. The van der Waals surface area contributed by atoms with Gasteiger partial charge < -0.3 is 14.8 Å². The summed E-state index contributed by atoms with van der Waals surface area (Å²) < 4.78 is 9.79. The van der Waals surface area contributed by atoms with E-state index in [0.29, 0.717) is 32.8 Å². The largest absolute Gasteiger partial charge is 0.384 e. The molecule has 0 aromatic heterocycles. The van der Waals surface area contributed by atoms with Crippen LogP contribution < -0.4 is 5.32 Å². The fraction of sp³-hybridized carbons (Fsp3) is 0.875. The van der Waals surface area contributed by atoms with Gasteiger partial charge in [0.05, 0.1) is 13.2 Å². The highest BCUT2D eigenvalue weighted by atomic mass is 16.5. The van der Waals surface area contributed by atoms with Crippen molar-refractivity contribution in [2.75, 3.05) is 33.5 Å². The molecular weight excluding hydrogens is 158 g/mol. The molecule has 0 aromatic carbocycles. The molecule has 72 valence electrons. The third kappa shape index (κ3) is 7.50. The summed E-state index contributed by atoms with van der Waals surface area (Å²) in [5.41, 5.74) is 0. The Morgan fingerprint density at radius 1 is 1.42 bits per heavy atom. The maximum absolute atomic E-state index is 10.9. The van der Waals surface area contributed by atoms with E-state index in [4.69, 9.17) is 9.47 Å². The number of methoxy groups -OCH3 is 1. The predicted octanol–water partition coefficient (Wildman–Crippen LogP) is 0.176. The van der Waals surface area contributed by atoms with E-state index in [9.17, 15) is 4.79 Å². The molecule has 4 nitrogen and oxygen atoms in total. The maximum atomic E-state index is 10.9. The zero-order valence-corrected chi connectivity index (χ0v) is 7.76. The molecular formula is C8H17NO3. The molecule has 1 N–H and O–H groups in total. The SMILES string of the molecule is CCOCCNC(=O)CCOC. The smallest absolute Gasteiger partial charge is 0.222 e. The molecule has 0 bridgehead atoms. The van der Waals surface area contributed by atoms with Crippen LogP contribution in [-0.4, -0.2) is 39.4 Å². The van der Waals surface area contributed by atoms with Crippen LogP contribution in [0.15, 0.2) is 0 Å². The molecule has 0 aliphatic carbocycles. The Balaban J connectivity index is 3.08. The third-order valence-electron chi connectivity index (χ3n) is 1.31. The number of ether oxygens (including phenoxy) is 2. The lowest BCUT2D eigenvalue weighted by atomic mass is 10.4. The van der Waals surface area contributed by atoms with Gasteiger partial charge in [-0.1, -0.05) is 0 Å². The number of rotatable bonds is 7. The quantitative estimate of drug-likeness (QED) is 0.561. The number of amides is 1. The van der Waals surface area contributed by atoms with Gasteiger partial charge in [0.15, 0.2) is 0 Å². The summed E-state index contributed by atoms with van der Waals surface area (Å²) in [6.45, 7) is 4.24. The van der Waals surface area contributed by atoms with Crippen molar-refractivity contribution >= 4 is 5.91 Å². The molecule has 0 rings (SSSR count). The van der Waals surface area contributed by atoms with Crippen molar-refractivity contribution < 1.29 is 14.3 Å². The fourth-order valence-electron chi connectivity index (χ4n) is 0.690. The zero-order chi connectivity index (χ0) is 9.23. The van der Waals surface area contributed by atoms with Crippen LogP contribution in [0.2, 0.25) is 0 Å². The minimum Gasteiger partial charge on any atom is -0.384 e. The third-order valence-corrected chi connectivity index (χ3v) is 1.31. The van der Waals surface area contributed by atoms with Gasteiger partial charge in [-0.2, -0.15) is 0 Å². The number of nitrogens with one attached hydrogen (secondary N) is 1. The Labute approximate surface area is 73.2 Å². The van der Waals surface area contributed by atoms with E-state index >= 15 is 0 Å². The first-order valence-corrected chi connectivity index (χ1v) is 4.14. The van der Waals surface area contributed by atoms with Gasteiger partial charge in [-0.3, -0.25) is 4.79 Å². The van der Waals surface area contributed by atoms with Crippen molar-refractivity contribution in [1.82, 2.24) is 5.32 Å². The summed E-state index contributed by atoms with van der Waals surface area (Å²) in [7, 11) is 1.58. The minimum absolute atomic E-state index is 0.0107. The van der Waals surface area contributed by atoms with Crippen LogP contribution in [0.1, 0.15) is 13.3 Å². The van der Waals surface area contributed by atoms with Gasteiger partial charge in [-0.15, -0.1) is 0 Å². The van der Waals surface area contributed by atoms with Gasteiger partial charge in [-0.25, -0.2) is 0 Å². The standard InChI is InChI=1S/C8H17NO3/c1-3-12-7-5-9-8(10)4-6-11-2/h3-7H2,1-2H3,(H,9,10). The Kier molecular flexibility index (Phi) is 8.05. The van der Waals surface area contributed by atoms with Gasteiger partial charge in [0.25, 0.3) is 0 Å². The van der Waals surface area contributed by atoms with Crippen molar-refractivity contribution in [3.05, 3.63) is 0 Å². The molecule has 0 aliphatic heterocycles. The minimum atomic E-state index is 0.0107. The molecule has 0 aliphatic rings. The predicted molar refractivity (Wildman–Crippen MR) is 46.0 cm³/mol. The Morgan fingerprint density at radius 3 is 2.75 bits per heavy atom. The molecule has 0 heterocycles. The highest BCUT2D eigenvalue weighted by molar-refractivity contribution is 5.75. The number of carbonyl (C=O) groups is 1. The van der Waals surface area contributed by atoms with E-state index in [1.165, 1.54) is 0 Å². The van der Waals surface area contributed by atoms with Crippen molar-refractivity contribution in [3.8, 4) is 0 Å². The lowest BCUT2D eigenvalue weighted by Gasteiger charge is -2.04. The van der Waals surface area contributed by atoms with Crippen LogP contribution in [-0.2, 0) is 14.3 Å². The summed E-state index contributed by atoms with van der Waals surface area (Å²) in [6.07, 6.45) is 0.419. The Bertz CT molecular complexity index is 117. The lowest BCUT2D eigenvalue weighted by molar-refractivity contribution is -0.122. The van der Waals surface area contributed by atoms with E-state index in [1.807, 2.05) is 6.92 Å². The van der Waals surface area contributed by atoms with E-state index < -0.39 is 0 Å². The number of hydrogen-bond acceptors (Lipinski definition) is 3. The molecule has 0 radical (unpaired) electrons. The maximum Gasteiger partial charge on any atom is 0.222 e. The zero-order valence-electron chi connectivity index (χ0n) is 7.76. The topological polar surface area (TPSA) is 47.6 Å². The number of hydrogen-bond donors (Lipinski definition) is 1. The van der Waals surface area contributed by atoms with Gasteiger partial charge in [0, 0.05) is 26.7 Å². The first-order valence-electron chi connectivity index (χ1n) is 4.14. The van der Waals surface area contributed by atoms with Crippen molar-refractivity contribution in [3.63, 3.8) is 0 Å². The molecule has 0 spiro atoms. The van der Waals surface area contributed by atoms with E-state index in [0.717, 1.165) is 0 Å². The fourth-order valence-corrected chi connectivity index (χ4v) is 0.690. The van der Waals surface area contributed by atoms with Gasteiger partial charge in [0.2, 0.25) is 5.91 Å². The monoisotopic (exact) mass is 175 g/mol. The van der Waals surface area contributed by atoms with Crippen LogP contribution in [0.4, 0.5) is 0 Å². The van der Waals surface area contributed by atoms with Crippen LogP contribution in [0.25, 0.3) is 0 Å².